The van der Waals surface area contributed by atoms with Gasteiger partial charge in [-0.05, 0) is 37.5 Å². The zero-order valence-electron chi connectivity index (χ0n) is 16.8. The van der Waals surface area contributed by atoms with Gasteiger partial charge in [-0.3, -0.25) is 20.4 Å². The van der Waals surface area contributed by atoms with Gasteiger partial charge >= 0.3 is 0 Å². The maximum atomic E-state index is 12.8. The highest BCUT2D eigenvalue weighted by atomic mass is 32.2. The molecule has 1 saturated heterocycles. The second-order valence-electron chi connectivity index (χ2n) is 7.17. The quantitative estimate of drug-likeness (QED) is 0.655. The highest BCUT2D eigenvalue weighted by Crippen LogP contribution is 2.25. The summed E-state index contributed by atoms with van der Waals surface area (Å²) in [6.45, 7) is 5.19. The number of hydrazine groups is 1. The van der Waals surface area contributed by atoms with E-state index < -0.39 is 10.0 Å². The van der Waals surface area contributed by atoms with Crippen molar-refractivity contribution >= 4 is 32.9 Å². The number of fused-ring (bicyclic) bond motifs is 1. The molecule has 0 saturated carbocycles. The lowest BCUT2D eigenvalue weighted by Gasteiger charge is -2.15. The smallest absolute Gasteiger partial charge is 0.243 e. The van der Waals surface area contributed by atoms with Crippen LogP contribution in [0.5, 0.6) is 0 Å². The molecule has 0 bridgehead atoms. The van der Waals surface area contributed by atoms with Crippen LogP contribution in [0.2, 0.25) is 0 Å². The Morgan fingerprint density at radius 3 is 2.55 bits per heavy atom. The van der Waals surface area contributed by atoms with Gasteiger partial charge in [0.1, 0.15) is 5.82 Å². The van der Waals surface area contributed by atoms with E-state index >= 15 is 0 Å². The molecule has 3 rings (SSSR count). The van der Waals surface area contributed by atoms with E-state index in [0.717, 1.165) is 37.1 Å². The molecule has 1 fully saturated rings. The molecule has 1 aliphatic rings. The molecule has 0 radical (unpaired) electrons. The first-order chi connectivity index (χ1) is 13.8. The molecule has 0 spiro atoms. The van der Waals surface area contributed by atoms with E-state index in [1.807, 2.05) is 11.5 Å². The molecule has 2 heterocycles. The first-order valence-corrected chi connectivity index (χ1v) is 11.3. The number of amides is 2. The largest absolute Gasteiger partial charge is 0.328 e. The second kappa shape index (κ2) is 8.91. The number of hydrogen-bond donors (Lipinski definition) is 2. The summed E-state index contributed by atoms with van der Waals surface area (Å²) in [5, 5.41) is 0. The molecule has 2 amide bonds. The topological polar surface area (TPSA) is 113 Å². The van der Waals surface area contributed by atoms with Gasteiger partial charge in [-0.25, -0.2) is 13.4 Å². The Balaban J connectivity index is 1.85. The normalized spacial score (nSPS) is 15.0. The van der Waals surface area contributed by atoms with Crippen molar-refractivity contribution in [2.75, 3.05) is 13.1 Å². The standard InChI is InChI=1S/C19H27N5O4S/c1-3-10-24-17-7-6-15(29(27,28)23-11-4-5-12-23)13-16(17)20-18(24)8-9-19(26)22-21-14(2)25/h6-7,13H,3-5,8-12H2,1-2H3,(H,21,25)(H,22,26). The number of carbonyl (C=O) groups excluding carboxylic acids is 2. The van der Waals surface area contributed by atoms with Crippen molar-refractivity contribution in [1.29, 1.82) is 0 Å². The van der Waals surface area contributed by atoms with Crippen molar-refractivity contribution in [3.8, 4) is 0 Å². The zero-order chi connectivity index (χ0) is 21.0. The fourth-order valence-corrected chi connectivity index (χ4v) is 5.04. The van der Waals surface area contributed by atoms with Gasteiger partial charge in [-0.1, -0.05) is 6.92 Å². The van der Waals surface area contributed by atoms with Crippen LogP contribution in [0.25, 0.3) is 11.0 Å². The fraction of sp³-hybridized carbons (Fsp3) is 0.526. The van der Waals surface area contributed by atoms with Crippen LogP contribution < -0.4 is 10.9 Å². The summed E-state index contributed by atoms with van der Waals surface area (Å²) >= 11 is 0. The van der Waals surface area contributed by atoms with Crippen molar-refractivity contribution in [3.05, 3.63) is 24.0 Å². The summed E-state index contributed by atoms with van der Waals surface area (Å²) in [7, 11) is -3.51. The van der Waals surface area contributed by atoms with E-state index in [0.29, 0.717) is 25.0 Å². The molecule has 10 heteroatoms. The average molecular weight is 422 g/mol. The molecule has 2 aromatic rings. The SMILES string of the molecule is CCCn1c(CCC(=O)NNC(C)=O)nc2cc(S(=O)(=O)N3CCCC3)ccc21. The van der Waals surface area contributed by atoms with Crippen LogP contribution in [-0.4, -0.2) is 47.2 Å². The first kappa shape index (κ1) is 21.3. The number of carbonyl (C=O) groups is 2. The molecular formula is C19H27N5O4S. The third-order valence-electron chi connectivity index (χ3n) is 4.90. The zero-order valence-corrected chi connectivity index (χ0v) is 17.6. The van der Waals surface area contributed by atoms with Crippen molar-refractivity contribution < 1.29 is 18.0 Å². The molecular weight excluding hydrogens is 394 g/mol. The third-order valence-corrected chi connectivity index (χ3v) is 6.80. The lowest BCUT2D eigenvalue weighted by atomic mass is 10.3. The van der Waals surface area contributed by atoms with Crippen LogP contribution in [0.1, 0.15) is 45.4 Å². The number of benzene rings is 1. The van der Waals surface area contributed by atoms with Crippen LogP contribution in [0, 0.1) is 0 Å². The van der Waals surface area contributed by atoms with Crippen LogP contribution >= 0.6 is 0 Å². The summed E-state index contributed by atoms with van der Waals surface area (Å²) in [4.78, 5) is 27.6. The van der Waals surface area contributed by atoms with E-state index in [1.165, 1.54) is 11.2 Å². The Labute approximate surface area is 170 Å². The average Bonchev–Trinajstić information content (AvgIpc) is 3.33. The lowest BCUT2D eigenvalue weighted by molar-refractivity contribution is -0.127. The molecule has 9 nitrogen and oxygen atoms in total. The molecule has 0 aliphatic carbocycles. The Kier molecular flexibility index (Phi) is 6.53. The number of sulfonamides is 1. The van der Waals surface area contributed by atoms with E-state index in [2.05, 4.69) is 15.8 Å². The predicted octanol–water partition coefficient (Wildman–Crippen LogP) is 1.33. The minimum atomic E-state index is -3.51. The number of aryl methyl sites for hydroxylation is 2. The van der Waals surface area contributed by atoms with Gasteiger partial charge in [0.05, 0.1) is 15.9 Å². The van der Waals surface area contributed by atoms with Crippen molar-refractivity contribution in [1.82, 2.24) is 24.7 Å². The van der Waals surface area contributed by atoms with Gasteiger partial charge in [-0.2, -0.15) is 4.31 Å². The van der Waals surface area contributed by atoms with Gasteiger partial charge in [-0.15, -0.1) is 0 Å². The Morgan fingerprint density at radius 2 is 1.90 bits per heavy atom. The number of nitrogens with zero attached hydrogens (tertiary/aromatic N) is 3. The van der Waals surface area contributed by atoms with Gasteiger partial charge in [0.2, 0.25) is 21.8 Å². The van der Waals surface area contributed by atoms with Crippen LogP contribution in [-0.2, 0) is 32.6 Å². The maximum Gasteiger partial charge on any atom is 0.243 e. The molecule has 1 aromatic carbocycles. The number of imidazole rings is 1. The molecule has 29 heavy (non-hydrogen) atoms. The second-order valence-corrected chi connectivity index (χ2v) is 9.11. The Bertz CT molecular complexity index is 1010. The van der Waals surface area contributed by atoms with Gasteiger partial charge in [0.15, 0.2) is 0 Å². The minimum Gasteiger partial charge on any atom is -0.328 e. The lowest BCUT2D eigenvalue weighted by Crippen LogP contribution is -2.40. The molecule has 158 valence electrons. The van der Waals surface area contributed by atoms with Crippen molar-refractivity contribution in [2.45, 2.75) is 57.4 Å². The predicted molar refractivity (Wildman–Crippen MR) is 108 cm³/mol. The molecule has 1 aliphatic heterocycles. The van der Waals surface area contributed by atoms with E-state index in [9.17, 15) is 18.0 Å². The van der Waals surface area contributed by atoms with Gasteiger partial charge in [0, 0.05) is 39.4 Å². The van der Waals surface area contributed by atoms with Crippen LogP contribution in [0.3, 0.4) is 0 Å². The summed E-state index contributed by atoms with van der Waals surface area (Å²) < 4.78 is 29.2. The highest BCUT2D eigenvalue weighted by molar-refractivity contribution is 7.89. The summed E-state index contributed by atoms with van der Waals surface area (Å²) in [5.41, 5.74) is 6.06. The van der Waals surface area contributed by atoms with Crippen LogP contribution in [0.4, 0.5) is 0 Å². The fourth-order valence-electron chi connectivity index (χ4n) is 3.51. The van der Waals surface area contributed by atoms with Crippen molar-refractivity contribution in [3.63, 3.8) is 0 Å². The number of aromatic nitrogens is 2. The molecule has 0 unspecified atom stereocenters. The highest BCUT2D eigenvalue weighted by Gasteiger charge is 2.27. The first-order valence-electron chi connectivity index (χ1n) is 9.87. The number of nitrogens with one attached hydrogen (secondary N) is 2. The molecule has 1 aromatic heterocycles. The van der Waals surface area contributed by atoms with E-state index in [4.69, 9.17) is 0 Å². The minimum absolute atomic E-state index is 0.159. The Morgan fingerprint density at radius 1 is 1.17 bits per heavy atom. The van der Waals surface area contributed by atoms with Crippen molar-refractivity contribution in [2.24, 2.45) is 0 Å². The third kappa shape index (κ3) is 4.76. The van der Waals surface area contributed by atoms with E-state index in [-0.39, 0.29) is 23.1 Å². The van der Waals surface area contributed by atoms with Gasteiger partial charge < -0.3 is 4.57 Å². The van der Waals surface area contributed by atoms with Gasteiger partial charge in [0.25, 0.3) is 0 Å². The van der Waals surface area contributed by atoms with Crippen LogP contribution in [0.15, 0.2) is 23.1 Å². The molecule has 2 N–H and O–H groups in total. The summed E-state index contributed by atoms with van der Waals surface area (Å²) in [5.74, 6) is 0.0615. The summed E-state index contributed by atoms with van der Waals surface area (Å²) in [6.07, 6.45) is 3.19. The number of rotatable bonds is 7. The maximum absolute atomic E-state index is 12.8. The monoisotopic (exact) mass is 421 g/mol. The van der Waals surface area contributed by atoms with E-state index in [1.54, 1.807) is 18.2 Å². The number of hydrogen-bond acceptors (Lipinski definition) is 5. The summed E-state index contributed by atoms with van der Waals surface area (Å²) in [6, 6.07) is 5.05. The molecule has 0 atom stereocenters. The Hall–Kier alpha value is -2.46.